The highest BCUT2D eigenvalue weighted by atomic mass is 31.2. The minimum absolute atomic E-state index is 0.100. The zero-order valence-electron chi connectivity index (χ0n) is 63.7. The van der Waals surface area contributed by atoms with Gasteiger partial charge in [-0.1, -0.05) is 330 Å². The van der Waals surface area contributed by atoms with Crippen LogP contribution in [0.3, 0.4) is 0 Å². The Hall–Kier alpha value is -2.46. The second-order valence-corrected chi connectivity index (χ2v) is 31.6. The van der Waals surface area contributed by atoms with E-state index in [-0.39, 0.29) is 25.7 Å². The number of unbranched alkanes of at least 4 members (excludes halogenated alkanes) is 38. The predicted octanol–water partition coefficient (Wildman–Crippen LogP) is 22.9. The molecule has 0 fully saturated rings. The minimum atomic E-state index is -4.97. The smallest absolute Gasteiger partial charge is 0.462 e. The molecule has 578 valence electrons. The molecule has 0 aromatic carbocycles. The van der Waals surface area contributed by atoms with E-state index < -0.39 is 97.5 Å². The van der Waals surface area contributed by atoms with Gasteiger partial charge in [-0.05, 0) is 69.1 Å². The lowest BCUT2D eigenvalue weighted by Gasteiger charge is -2.21. The normalized spacial score (nSPS) is 14.7. The van der Waals surface area contributed by atoms with Crippen LogP contribution in [0.4, 0.5) is 0 Å². The number of hydrogen-bond donors (Lipinski definition) is 3. The van der Waals surface area contributed by atoms with Crippen LogP contribution in [0.5, 0.6) is 0 Å². The summed E-state index contributed by atoms with van der Waals surface area (Å²) in [5.74, 6) is 0.225. The van der Waals surface area contributed by atoms with Gasteiger partial charge in [0.25, 0.3) is 0 Å². The van der Waals surface area contributed by atoms with Gasteiger partial charge in [-0.25, -0.2) is 9.13 Å². The number of esters is 4. The number of aliphatic hydroxyl groups excluding tert-OH is 1. The Morgan fingerprint density at radius 1 is 0.337 bits per heavy atom. The van der Waals surface area contributed by atoms with E-state index in [1.54, 1.807) is 0 Å². The number of phosphoric acid groups is 2. The summed E-state index contributed by atoms with van der Waals surface area (Å²) in [6.45, 7) is 11.9. The molecule has 0 aromatic rings. The van der Waals surface area contributed by atoms with Gasteiger partial charge in [0.1, 0.15) is 19.3 Å². The van der Waals surface area contributed by atoms with Crippen molar-refractivity contribution in [2.24, 2.45) is 17.8 Å². The maximum Gasteiger partial charge on any atom is 0.472 e. The van der Waals surface area contributed by atoms with Crippen LogP contribution in [0.25, 0.3) is 0 Å². The average molecular weight is 1430 g/mol. The SMILES string of the molecule is CCCCCC/C=C\C=C/CCCCCCCC(=O)OC[C@H](COP(=O)(O)OC[C@@H](O)COP(=O)(O)OC[C@@H](COC(=O)CCCCCCCCCCC(C)C)OC(=O)CCCCCCCCCCCCC(C)CC)OC(=O)CCCCCCCCCCCCCCCCC(C)CC. The van der Waals surface area contributed by atoms with E-state index in [0.717, 1.165) is 127 Å². The number of aliphatic hydroxyl groups is 1. The maximum atomic E-state index is 13.1. The van der Waals surface area contributed by atoms with Crippen LogP contribution >= 0.6 is 15.6 Å². The number of hydrogen-bond acceptors (Lipinski definition) is 15. The molecule has 0 saturated carbocycles. The molecule has 19 heteroatoms. The summed E-state index contributed by atoms with van der Waals surface area (Å²) in [6.07, 6.45) is 58.9. The quantitative estimate of drug-likeness (QED) is 0.0169. The molecule has 0 amide bonds. The Labute approximate surface area is 599 Å². The molecular weight excluding hydrogens is 1280 g/mol. The largest absolute Gasteiger partial charge is 0.472 e. The molecule has 17 nitrogen and oxygen atoms in total. The fourth-order valence-corrected chi connectivity index (χ4v) is 13.1. The summed E-state index contributed by atoms with van der Waals surface area (Å²) < 4.78 is 68.6. The molecular formula is C79H150O17P2. The molecule has 0 saturated heterocycles. The van der Waals surface area contributed by atoms with Gasteiger partial charge in [-0.15, -0.1) is 0 Å². The van der Waals surface area contributed by atoms with Crippen LogP contribution in [0.15, 0.2) is 24.3 Å². The van der Waals surface area contributed by atoms with Gasteiger partial charge in [0, 0.05) is 25.7 Å². The van der Waals surface area contributed by atoms with Crippen molar-refractivity contribution in [1.82, 2.24) is 0 Å². The van der Waals surface area contributed by atoms with E-state index in [4.69, 9.17) is 37.0 Å². The Bertz CT molecular complexity index is 2000. The van der Waals surface area contributed by atoms with Crippen molar-refractivity contribution in [2.45, 2.75) is 401 Å². The van der Waals surface area contributed by atoms with Crippen LogP contribution in [0.1, 0.15) is 382 Å². The molecule has 0 aliphatic heterocycles. The molecule has 3 N–H and O–H groups in total. The highest BCUT2D eigenvalue weighted by molar-refractivity contribution is 7.47. The molecule has 0 radical (unpaired) electrons. The molecule has 0 spiro atoms. The monoisotopic (exact) mass is 1430 g/mol. The number of rotatable bonds is 75. The zero-order valence-corrected chi connectivity index (χ0v) is 65.5. The van der Waals surface area contributed by atoms with E-state index in [1.807, 2.05) is 0 Å². The summed E-state index contributed by atoms with van der Waals surface area (Å²) in [4.78, 5) is 72.9. The number of allylic oxidation sites excluding steroid dienone is 4. The van der Waals surface area contributed by atoms with Crippen molar-refractivity contribution in [3.8, 4) is 0 Å². The second kappa shape index (κ2) is 68.9. The third-order valence-corrected chi connectivity index (χ3v) is 20.4. The first-order valence-corrected chi connectivity index (χ1v) is 43.2. The third kappa shape index (κ3) is 69.3. The molecule has 0 aliphatic carbocycles. The Morgan fingerprint density at radius 3 is 0.908 bits per heavy atom. The minimum Gasteiger partial charge on any atom is -0.462 e. The van der Waals surface area contributed by atoms with Crippen LogP contribution in [0, 0.1) is 17.8 Å². The van der Waals surface area contributed by atoms with Crippen LogP contribution in [0.2, 0.25) is 0 Å². The van der Waals surface area contributed by atoms with Crippen molar-refractivity contribution in [1.29, 1.82) is 0 Å². The van der Waals surface area contributed by atoms with Gasteiger partial charge in [0.05, 0.1) is 26.4 Å². The lowest BCUT2D eigenvalue weighted by Crippen LogP contribution is -2.30. The van der Waals surface area contributed by atoms with Crippen LogP contribution in [-0.4, -0.2) is 96.7 Å². The van der Waals surface area contributed by atoms with E-state index in [9.17, 15) is 43.2 Å². The van der Waals surface area contributed by atoms with Crippen LogP contribution < -0.4 is 0 Å². The summed E-state index contributed by atoms with van der Waals surface area (Å²) >= 11 is 0. The molecule has 0 aliphatic rings. The van der Waals surface area contributed by atoms with E-state index in [2.05, 4.69) is 72.8 Å². The first-order chi connectivity index (χ1) is 47.3. The standard InChI is InChI=1S/C79H150O17P2/c1-8-11-12-13-14-15-16-17-18-22-25-31-39-46-53-60-76(81)89-66-74(95-78(83)62-55-48-41-32-26-23-20-19-21-24-29-37-44-51-58-71(6)9-2)68-93-97(85,86)91-64-73(80)65-92-98(87,88)94-69-75(67-90-77(82)61-54-47-40-35-34-36-43-50-57-70(4)5)96-79(84)63-56-49-42-33-28-27-30-38-45-52-59-72(7)10-3/h15-18,70-75,80H,8-14,19-69H2,1-7H3,(H,85,86)(H,87,88)/b16-15-,18-17-/t71?,72?,73-,74-,75-/m1/s1. The number of carbonyl (C=O) groups excluding carboxylic acids is 4. The molecule has 0 heterocycles. The van der Waals surface area contributed by atoms with Crippen LogP contribution in [-0.2, 0) is 65.4 Å². The lowest BCUT2D eigenvalue weighted by atomic mass is 9.99. The number of phosphoric ester groups is 2. The zero-order chi connectivity index (χ0) is 72.3. The van der Waals surface area contributed by atoms with Crippen molar-refractivity contribution in [2.75, 3.05) is 39.6 Å². The second-order valence-electron chi connectivity index (χ2n) is 28.7. The summed E-state index contributed by atoms with van der Waals surface area (Å²) in [5.41, 5.74) is 0. The van der Waals surface area contributed by atoms with Crippen molar-refractivity contribution >= 4 is 39.5 Å². The highest BCUT2D eigenvalue weighted by Crippen LogP contribution is 2.45. The van der Waals surface area contributed by atoms with E-state index in [1.165, 1.54) is 173 Å². The fraction of sp³-hybridized carbons (Fsp3) is 0.899. The molecule has 98 heavy (non-hydrogen) atoms. The Kier molecular flexibility index (Phi) is 67.2. The topological polar surface area (TPSA) is 237 Å². The van der Waals surface area contributed by atoms with Crippen molar-refractivity contribution in [3.05, 3.63) is 24.3 Å². The molecule has 0 bridgehead atoms. The average Bonchev–Trinajstić information content (AvgIpc) is 1.12. The lowest BCUT2D eigenvalue weighted by molar-refractivity contribution is -0.161. The molecule has 7 atom stereocenters. The van der Waals surface area contributed by atoms with Gasteiger partial charge in [0.2, 0.25) is 0 Å². The molecule has 0 rings (SSSR count). The number of ether oxygens (including phenoxy) is 4. The highest BCUT2D eigenvalue weighted by Gasteiger charge is 2.30. The predicted molar refractivity (Wildman–Crippen MR) is 400 cm³/mol. The van der Waals surface area contributed by atoms with Gasteiger partial charge in [-0.3, -0.25) is 37.3 Å². The molecule has 4 unspecified atom stereocenters. The first-order valence-electron chi connectivity index (χ1n) is 40.2. The van der Waals surface area contributed by atoms with E-state index in [0.29, 0.717) is 25.7 Å². The van der Waals surface area contributed by atoms with Gasteiger partial charge >= 0.3 is 39.5 Å². The van der Waals surface area contributed by atoms with Crippen molar-refractivity contribution in [3.63, 3.8) is 0 Å². The van der Waals surface area contributed by atoms with Crippen molar-refractivity contribution < 1.29 is 80.2 Å². The Balaban J connectivity index is 5.30. The van der Waals surface area contributed by atoms with E-state index >= 15 is 0 Å². The Morgan fingerprint density at radius 2 is 0.602 bits per heavy atom. The van der Waals surface area contributed by atoms with Gasteiger partial charge in [0.15, 0.2) is 12.2 Å². The summed E-state index contributed by atoms with van der Waals surface area (Å²) in [7, 11) is -9.93. The first kappa shape index (κ1) is 95.5. The molecule has 0 aromatic heterocycles. The fourth-order valence-electron chi connectivity index (χ4n) is 11.5. The number of carbonyl (C=O) groups is 4. The maximum absolute atomic E-state index is 13.1. The summed E-state index contributed by atoms with van der Waals surface area (Å²) in [6, 6.07) is 0. The summed E-state index contributed by atoms with van der Waals surface area (Å²) in [5, 5.41) is 10.6. The van der Waals surface area contributed by atoms with Gasteiger partial charge in [-0.2, -0.15) is 0 Å². The van der Waals surface area contributed by atoms with Gasteiger partial charge < -0.3 is 33.8 Å². The third-order valence-electron chi connectivity index (χ3n) is 18.5.